The second-order valence-corrected chi connectivity index (χ2v) is 6.04. The maximum atomic E-state index is 12.4. The number of carbonyl (C=O) groups is 1. The van der Waals surface area contributed by atoms with Crippen molar-refractivity contribution in [1.29, 1.82) is 0 Å². The molecule has 0 bridgehead atoms. The zero-order valence-corrected chi connectivity index (χ0v) is 15.4. The molecule has 2 aromatic carbocycles. The van der Waals surface area contributed by atoms with Crippen molar-refractivity contribution >= 4 is 17.3 Å². The third-order valence-electron chi connectivity index (χ3n) is 4.05. The summed E-state index contributed by atoms with van der Waals surface area (Å²) < 4.78 is 7.22. The molecule has 148 valence electrons. The average molecular weight is 402 g/mol. The molecule has 4 aromatic rings. The van der Waals surface area contributed by atoms with E-state index in [1.807, 2.05) is 0 Å². The maximum Gasteiger partial charge on any atom is 0.282 e. The number of rotatable bonds is 6. The number of carbonyl (C=O) groups excluding carboxylic acids is 1. The SMILES string of the molecule is O=C(Nc1ccc(Oc2ccc(-n3cccn3)nn2)cc1)c1ccccc1[N+](=O)[O-]. The highest BCUT2D eigenvalue weighted by atomic mass is 16.6. The van der Waals surface area contributed by atoms with E-state index in [-0.39, 0.29) is 11.3 Å². The van der Waals surface area contributed by atoms with E-state index < -0.39 is 10.8 Å². The van der Waals surface area contributed by atoms with Gasteiger partial charge in [0.05, 0.1) is 4.92 Å². The molecular weight excluding hydrogens is 388 g/mol. The molecule has 0 saturated heterocycles. The number of hydrogen-bond donors (Lipinski definition) is 1. The molecule has 0 aliphatic heterocycles. The first-order valence-electron chi connectivity index (χ1n) is 8.76. The van der Waals surface area contributed by atoms with Crippen molar-refractivity contribution in [2.75, 3.05) is 5.32 Å². The second-order valence-electron chi connectivity index (χ2n) is 6.04. The summed E-state index contributed by atoms with van der Waals surface area (Å²) in [6, 6.07) is 17.4. The van der Waals surface area contributed by atoms with Crippen LogP contribution in [0.15, 0.2) is 79.1 Å². The van der Waals surface area contributed by atoms with Gasteiger partial charge in [-0.1, -0.05) is 12.1 Å². The van der Waals surface area contributed by atoms with E-state index in [1.54, 1.807) is 65.6 Å². The fraction of sp³-hybridized carbons (Fsp3) is 0. The summed E-state index contributed by atoms with van der Waals surface area (Å²) >= 11 is 0. The van der Waals surface area contributed by atoms with Crippen LogP contribution in [0.25, 0.3) is 5.82 Å². The van der Waals surface area contributed by atoms with Crippen LogP contribution in [0.1, 0.15) is 10.4 Å². The lowest BCUT2D eigenvalue weighted by Gasteiger charge is -2.08. The van der Waals surface area contributed by atoms with Gasteiger partial charge in [-0.15, -0.1) is 10.2 Å². The van der Waals surface area contributed by atoms with Crippen molar-refractivity contribution in [1.82, 2.24) is 20.0 Å². The Morgan fingerprint density at radius 2 is 1.80 bits per heavy atom. The average Bonchev–Trinajstić information content (AvgIpc) is 3.30. The minimum absolute atomic E-state index is 0.0182. The smallest absolute Gasteiger partial charge is 0.282 e. The summed E-state index contributed by atoms with van der Waals surface area (Å²) in [6.07, 6.45) is 3.39. The highest BCUT2D eigenvalue weighted by molar-refractivity contribution is 6.07. The van der Waals surface area contributed by atoms with Crippen LogP contribution in [0.5, 0.6) is 11.6 Å². The van der Waals surface area contributed by atoms with Crippen LogP contribution in [0.4, 0.5) is 11.4 Å². The van der Waals surface area contributed by atoms with Gasteiger partial charge in [-0.05, 0) is 42.5 Å². The zero-order chi connectivity index (χ0) is 20.9. The monoisotopic (exact) mass is 402 g/mol. The highest BCUT2D eigenvalue weighted by Gasteiger charge is 2.19. The molecule has 0 aliphatic carbocycles. The lowest BCUT2D eigenvalue weighted by molar-refractivity contribution is -0.385. The Morgan fingerprint density at radius 3 is 2.47 bits per heavy atom. The second kappa shape index (κ2) is 8.19. The molecule has 4 rings (SSSR count). The molecule has 0 fully saturated rings. The minimum Gasteiger partial charge on any atom is -0.438 e. The number of aromatic nitrogens is 4. The Hall–Kier alpha value is -4.60. The van der Waals surface area contributed by atoms with Gasteiger partial charge >= 0.3 is 0 Å². The first-order chi connectivity index (χ1) is 14.6. The lowest BCUT2D eigenvalue weighted by Crippen LogP contribution is -2.13. The number of para-hydroxylation sites is 1. The van der Waals surface area contributed by atoms with Crippen LogP contribution >= 0.6 is 0 Å². The van der Waals surface area contributed by atoms with Crippen molar-refractivity contribution in [3.8, 4) is 17.4 Å². The summed E-state index contributed by atoms with van der Waals surface area (Å²) in [6.45, 7) is 0. The molecule has 0 unspecified atom stereocenters. The van der Waals surface area contributed by atoms with E-state index in [2.05, 4.69) is 20.6 Å². The number of nitro benzene ring substituents is 1. The molecule has 1 N–H and O–H groups in total. The predicted octanol–water partition coefficient (Wildman–Crippen LogP) is 3.62. The quantitative estimate of drug-likeness (QED) is 0.386. The van der Waals surface area contributed by atoms with Crippen LogP contribution in [-0.2, 0) is 0 Å². The van der Waals surface area contributed by atoms with Crippen LogP contribution in [0.3, 0.4) is 0 Å². The largest absolute Gasteiger partial charge is 0.438 e. The standard InChI is InChI=1S/C20H14N6O4/c27-20(16-4-1-2-5-17(16)26(28)29)22-14-6-8-15(9-7-14)30-19-11-10-18(23-24-19)25-13-3-12-21-25/h1-13H,(H,22,27). The fourth-order valence-electron chi connectivity index (χ4n) is 2.64. The van der Waals surface area contributed by atoms with E-state index in [9.17, 15) is 14.9 Å². The molecule has 2 heterocycles. The van der Waals surface area contributed by atoms with Gasteiger partial charge in [-0.3, -0.25) is 14.9 Å². The fourth-order valence-corrected chi connectivity index (χ4v) is 2.64. The van der Waals surface area contributed by atoms with E-state index in [1.165, 1.54) is 18.2 Å². The third kappa shape index (κ3) is 4.12. The summed E-state index contributed by atoms with van der Waals surface area (Å²) in [7, 11) is 0. The topological polar surface area (TPSA) is 125 Å². The van der Waals surface area contributed by atoms with E-state index in [0.717, 1.165) is 0 Å². The molecule has 1 amide bonds. The van der Waals surface area contributed by atoms with Crippen LogP contribution < -0.4 is 10.1 Å². The third-order valence-corrected chi connectivity index (χ3v) is 4.05. The van der Waals surface area contributed by atoms with E-state index >= 15 is 0 Å². The van der Waals surface area contributed by atoms with Crippen molar-refractivity contribution in [2.45, 2.75) is 0 Å². The molecule has 2 aromatic heterocycles. The van der Waals surface area contributed by atoms with Crippen molar-refractivity contribution in [3.05, 3.63) is 94.8 Å². The number of ether oxygens (including phenoxy) is 1. The van der Waals surface area contributed by atoms with Gasteiger partial charge in [-0.25, -0.2) is 4.68 Å². The number of amides is 1. The number of nitrogens with zero attached hydrogens (tertiary/aromatic N) is 5. The molecule has 0 aliphatic rings. The Kier molecular flexibility index (Phi) is 5.12. The molecule has 0 radical (unpaired) electrons. The first kappa shape index (κ1) is 18.7. The number of hydrogen-bond acceptors (Lipinski definition) is 7. The number of nitro groups is 1. The van der Waals surface area contributed by atoms with Crippen LogP contribution in [-0.4, -0.2) is 30.8 Å². The Morgan fingerprint density at radius 1 is 1.00 bits per heavy atom. The van der Waals surface area contributed by atoms with Gasteiger partial charge in [0.15, 0.2) is 5.82 Å². The van der Waals surface area contributed by atoms with Gasteiger partial charge in [0.25, 0.3) is 11.6 Å². The van der Waals surface area contributed by atoms with E-state index in [0.29, 0.717) is 23.1 Å². The molecule has 10 heteroatoms. The van der Waals surface area contributed by atoms with Crippen molar-refractivity contribution in [2.24, 2.45) is 0 Å². The van der Waals surface area contributed by atoms with E-state index in [4.69, 9.17) is 4.74 Å². The summed E-state index contributed by atoms with van der Waals surface area (Å²) in [4.78, 5) is 22.9. The highest BCUT2D eigenvalue weighted by Crippen LogP contribution is 2.23. The first-order valence-corrected chi connectivity index (χ1v) is 8.76. The van der Waals surface area contributed by atoms with Gasteiger partial charge in [-0.2, -0.15) is 5.10 Å². The van der Waals surface area contributed by atoms with Crippen molar-refractivity contribution in [3.63, 3.8) is 0 Å². The molecule has 0 saturated carbocycles. The van der Waals surface area contributed by atoms with Crippen molar-refractivity contribution < 1.29 is 14.5 Å². The summed E-state index contributed by atoms with van der Waals surface area (Å²) in [5, 5.41) is 25.8. The zero-order valence-electron chi connectivity index (χ0n) is 15.4. The van der Waals surface area contributed by atoms with Gasteiger partial charge in [0, 0.05) is 30.2 Å². The molecule has 0 spiro atoms. The summed E-state index contributed by atoms with van der Waals surface area (Å²) in [5.74, 6) is 0.763. The maximum absolute atomic E-state index is 12.4. The molecular formula is C20H14N6O4. The number of benzene rings is 2. The summed E-state index contributed by atoms with van der Waals surface area (Å²) in [5.41, 5.74) is 0.188. The van der Waals surface area contributed by atoms with Gasteiger partial charge in [0.1, 0.15) is 11.3 Å². The molecule has 0 atom stereocenters. The molecule has 30 heavy (non-hydrogen) atoms. The minimum atomic E-state index is -0.593. The number of nitrogens with one attached hydrogen (secondary N) is 1. The Labute approximate surface area is 169 Å². The van der Waals surface area contributed by atoms with Gasteiger partial charge < -0.3 is 10.1 Å². The van der Waals surface area contributed by atoms with Crippen LogP contribution in [0, 0.1) is 10.1 Å². The lowest BCUT2D eigenvalue weighted by atomic mass is 10.1. The Bertz CT molecular complexity index is 1170. The predicted molar refractivity (Wildman–Crippen MR) is 107 cm³/mol. The molecule has 10 nitrogen and oxygen atoms in total. The normalized spacial score (nSPS) is 10.4. The van der Waals surface area contributed by atoms with Gasteiger partial charge in [0.2, 0.25) is 5.88 Å². The number of anilines is 1. The van der Waals surface area contributed by atoms with Crippen LogP contribution in [0.2, 0.25) is 0 Å². The Balaban J connectivity index is 1.42.